The van der Waals surface area contributed by atoms with Gasteiger partial charge in [-0.2, -0.15) is 5.10 Å². The van der Waals surface area contributed by atoms with Crippen LogP contribution in [0.5, 0.6) is 5.88 Å². The summed E-state index contributed by atoms with van der Waals surface area (Å²) in [6, 6.07) is 3.50. The van der Waals surface area contributed by atoms with Crippen molar-refractivity contribution in [1.29, 1.82) is 0 Å². The number of ether oxygens (including phenoxy) is 1. The minimum absolute atomic E-state index is 0.146. The molecule has 0 bridgehead atoms. The Labute approximate surface area is 153 Å². The Morgan fingerprint density at radius 2 is 2.19 bits per heavy atom. The first kappa shape index (κ1) is 18.4. The van der Waals surface area contributed by atoms with E-state index in [0.29, 0.717) is 24.3 Å². The lowest BCUT2D eigenvalue weighted by molar-refractivity contribution is 0.0234. The summed E-state index contributed by atoms with van der Waals surface area (Å²) in [6.07, 6.45) is 5.36. The van der Waals surface area contributed by atoms with Crippen LogP contribution in [0.3, 0.4) is 0 Å². The third kappa shape index (κ3) is 3.72. The van der Waals surface area contributed by atoms with E-state index in [-0.39, 0.29) is 24.0 Å². The fourth-order valence-corrected chi connectivity index (χ4v) is 3.40. The highest BCUT2D eigenvalue weighted by atomic mass is 16.5. The summed E-state index contributed by atoms with van der Waals surface area (Å²) in [6.45, 7) is 4.78. The number of aliphatic hydroxyl groups excluding tert-OH is 1. The van der Waals surface area contributed by atoms with E-state index in [1.165, 1.54) is 0 Å². The maximum atomic E-state index is 12.8. The van der Waals surface area contributed by atoms with E-state index in [1.54, 1.807) is 25.6 Å². The molecule has 0 spiro atoms. The van der Waals surface area contributed by atoms with Gasteiger partial charge in [0.15, 0.2) is 0 Å². The minimum Gasteiger partial charge on any atom is -0.481 e. The van der Waals surface area contributed by atoms with Gasteiger partial charge in [0.05, 0.1) is 31.0 Å². The fraction of sp³-hybridized carbons (Fsp3) is 0.526. The zero-order valence-electron chi connectivity index (χ0n) is 15.5. The molecule has 7 heteroatoms. The third-order valence-corrected chi connectivity index (χ3v) is 5.02. The van der Waals surface area contributed by atoms with Crippen LogP contribution in [0, 0.1) is 12.8 Å². The zero-order valence-corrected chi connectivity index (χ0v) is 15.5. The van der Waals surface area contributed by atoms with Crippen LogP contribution in [0.15, 0.2) is 24.5 Å². The number of amides is 1. The molecule has 1 aliphatic carbocycles. The Hall–Kier alpha value is -2.41. The highest BCUT2D eigenvalue weighted by molar-refractivity contribution is 5.95. The van der Waals surface area contributed by atoms with Crippen molar-refractivity contribution in [2.24, 2.45) is 5.92 Å². The van der Waals surface area contributed by atoms with Gasteiger partial charge in [0, 0.05) is 24.5 Å². The number of hydrogen-bond acceptors (Lipinski definition) is 5. The monoisotopic (exact) mass is 358 g/mol. The lowest BCUT2D eigenvalue weighted by Gasteiger charge is -2.38. The van der Waals surface area contributed by atoms with Crippen molar-refractivity contribution < 1.29 is 14.6 Å². The highest BCUT2D eigenvalue weighted by Crippen LogP contribution is 2.38. The molecule has 2 N–H and O–H groups in total. The maximum absolute atomic E-state index is 12.8. The number of pyridine rings is 1. The van der Waals surface area contributed by atoms with Crippen molar-refractivity contribution in [2.45, 2.75) is 51.8 Å². The van der Waals surface area contributed by atoms with Gasteiger partial charge in [-0.25, -0.2) is 4.98 Å². The Balaban J connectivity index is 1.80. The van der Waals surface area contributed by atoms with E-state index >= 15 is 0 Å². The number of hydrogen-bond donors (Lipinski definition) is 2. The second kappa shape index (κ2) is 7.86. The number of methoxy groups -OCH3 is 1. The van der Waals surface area contributed by atoms with Gasteiger partial charge in [-0.05, 0) is 37.7 Å². The molecule has 26 heavy (non-hydrogen) atoms. The fourth-order valence-electron chi connectivity index (χ4n) is 3.40. The third-order valence-electron chi connectivity index (χ3n) is 5.02. The first-order chi connectivity index (χ1) is 12.5. The summed E-state index contributed by atoms with van der Waals surface area (Å²) in [4.78, 5) is 17.1. The molecule has 140 valence electrons. The largest absolute Gasteiger partial charge is 0.481 e. The zero-order chi connectivity index (χ0) is 18.7. The lowest BCUT2D eigenvalue weighted by Crippen LogP contribution is -2.41. The predicted octanol–water partition coefficient (Wildman–Crippen LogP) is 2.25. The van der Waals surface area contributed by atoms with Gasteiger partial charge in [0.25, 0.3) is 5.91 Å². The van der Waals surface area contributed by atoms with Gasteiger partial charge in [0.1, 0.15) is 0 Å². The van der Waals surface area contributed by atoms with E-state index in [1.807, 2.05) is 17.7 Å². The number of nitrogens with one attached hydrogen (secondary N) is 1. The molecule has 1 atom stereocenters. The number of aromatic nitrogens is 3. The van der Waals surface area contributed by atoms with Crippen LogP contribution in [0.4, 0.5) is 0 Å². The normalized spacial score (nSPS) is 20.3. The Morgan fingerprint density at radius 3 is 2.77 bits per heavy atom. The number of rotatable bonds is 7. The van der Waals surface area contributed by atoms with Crippen LogP contribution in [0.2, 0.25) is 0 Å². The highest BCUT2D eigenvalue weighted by Gasteiger charge is 2.36. The molecule has 2 aromatic heterocycles. The summed E-state index contributed by atoms with van der Waals surface area (Å²) < 4.78 is 6.96. The second-order valence-corrected chi connectivity index (χ2v) is 6.84. The Bertz CT molecular complexity index is 751. The number of nitrogens with zero attached hydrogens (tertiary/aromatic N) is 3. The van der Waals surface area contributed by atoms with Gasteiger partial charge in [-0.15, -0.1) is 0 Å². The SMILES string of the molecule is CCCn1ncc(C(=O)N[C@H](c2ccc(OC)nc2)C2CC(O)C2)c1C. The molecule has 1 saturated carbocycles. The van der Waals surface area contributed by atoms with Gasteiger partial charge >= 0.3 is 0 Å². The van der Waals surface area contributed by atoms with Crippen molar-refractivity contribution in [3.05, 3.63) is 41.3 Å². The minimum atomic E-state index is -0.292. The first-order valence-electron chi connectivity index (χ1n) is 9.04. The summed E-state index contributed by atoms with van der Waals surface area (Å²) in [7, 11) is 1.57. The summed E-state index contributed by atoms with van der Waals surface area (Å²) >= 11 is 0. The molecule has 7 nitrogen and oxygen atoms in total. The molecule has 0 saturated heterocycles. The van der Waals surface area contributed by atoms with Crippen LogP contribution in [0.1, 0.15) is 53.8 Å². The Kier molecular flexibility index (Phi) is 5.56. The van der Waals surface area contributed by atoms with Crippen LogP contribution < -0.4 is 10.1 Å². The molecular weight excluding hydrogens is 332 g/mol. The number of aliphatic hydroxyl groups is 1. The molecule has 0 aromatic carbocycles. The quantitative estimate of drug-likeness (QED) is 0.792. The molecule has 1 fully saturated rings. The second-order valence-electron chi connectivity index (χ2n) is 6.84. The predicted molar refractivity (Wildman–Crippen MR) is 97.0 cm³/mol. The standard InChI is InChI=1S/C19H26N4O3/c1-4-7-23-12(2)16(11-21-23)19(25)22-18(14-8-15(24)9-14)13-5-6-17(26-3)20-10-13/h5-6,10-11,14-15,18,24H,4,7-9H2,1-3H3,(H,22,25)/t14?,15?,18-/m1/s1. The van der Waals surface area contributed by atoms with E-state index < -0.39 is 0 Å². The van der Waals surface area contributed by atoms with Gasteiger partial charge in [-0.3, -0.25) is 9.48 Å². The number of carbonyl (C=O) groups is 1. The maximum Gasteiger partial charge on any atom is 0.255 e. The van der Waals surface area contributed by atoms with E-state index in [2.05, 4.69) is 22.3 Å². The van der Waals surface area contributed by atoms with Crippen molar-refractivity contribution in [3.8, 4) is 5.88 Å². The smallest absolute Gasteiger partial charge is 0.255 e. The topological polar surface area (TPSA) is 89.3 Å². The van der Waals surface area contributed by atoms with Gasteiger partial charge in [0.2, 0.25) is 5.88 Å². The molecule has 0 aliphatic heterocycles. The van der Waals surface area contributed by atoms with E-state index in [9.17, 15) is 9.90 Å². The molecule has 0 unspecified atom stereocenters. The first-order valence-corrected chi connectivity index (χ1v) is 9.04. The average Bonchev–Trinajstić information content (AvgIpc) is 2.98. The van der Waals surface area contributed by atoms with Crippen molar-refractivity contribution >= 4 is 5.91 Å². The summed E-state index contributed by atoms with van der Waals surface area (Å²) in [5.41, 5.74) is 2.36. The molecule has 2 aromatic rings. The molecular formula is C19H26N4O3. The van der Waals surface area contributed by atoms with Gasteiger partial charge < -0.3 is 15.2 Å². The Morgan fingerprint density at radius 1 is 1.42 bits per heavy atom. The molecule has 1 amide bonds. The molecule has 2 heterocycles. The number of carbonyl (C=O) groups excluding carboxylic acids is 1. The van der Waals surface area contributed by atoms with Crippen molar-refractivity contribution in [1.82, 2.24) is 20.1 Å². The average molecular weight is 358 g/mol. The molecule has 3 rings (SSSR count). The summed E-state index contributed by atoms with van der Waals surface area (Å²) in [5, 5.41) is 17.1. The lowest BCUT2D eigenvalue weighted by atomic mass is 9.75. The van der Waals surface area contributed by atoms with Crippen LogP contribution >= 0.6 is 0 Å². The molecule has 1 aliphatic rings. The summed E-state index contributed by atoms with van der Waals surface area (Å²) in [5.74, 6) is 0.575. The van der Waals surface area contributed by atoms with Crippen LogP contribution in [-0.2, 0) is 6.54 Å². The van der Waals surface area contributed by atoms with Crippen LogP contribution in [-0.4, -0.2) is 39.0 Å². The van der Waals surface area contributed by atoms with E-state index in [4.69, 9.17) is 4.74 Å². The van der Waals surface area contributed by atoms with Crippen LogP contribution in [0.25, 0.3) is 0 Å². The number of aryl methyl sites for hydroxylation is 1. The van der Waals surface area contributed by atoms with Crippen molar-refractivity contribution in [3.63, 3.8) is 0 Å². The molecule has 0 radical (unpaired) electrons. The van der Waals surface area contributed by atoms with E-state index in [0.717, 1.165) is 24.2 Å². The van der Waals surface area contributed by atoms with Gasteiger partial charge in [-0.1, -0.05) is 13.0 Å². The van der Waals surface area contributed by atoms with Crippen molar-refractivity contribution in [2.75, 3.05) is 7.11 Å².